The molecule has 37 heavy (non-hydrogen) atoms. The summed E-state index contributed by atoms with van der Waals surface area (Å²) in [6, 6.07) is 18.3. The summed E-state index contributed by atoms with van der Waals surface area (Å²) < 4.78 is 44.6. The highest BCUT2D eigenvalue weighted by atomic mass is 32.2. The average molecular weight is 527 g/mol. The number of nitrogens with zero attached hydrogens (tertiary/aromatic N) is 1. The topological polar surface area (TPSA) is 94.2 Å². The predicted octanol–water partition coefficient (Wildman–Crippen LogP) is 4.87. The molecule has 3 aromatic rings. The van der Waals surface area contributed by atoms with E-state index in [-0.39, 0.29) is 17.5 Å². The lowest BCUT2D eigenvalue weighted by molar-refractivity contribution is -0.120. The highest BCUT2D eigenvalue weighted by Gasteiger charge is 2.28. The average Bonchev–Trinajstić information content (AvgIpc) is 2.91. The number of anilines is 1. The first kappa shape index (κ1) is 27.9. The van der Waals surface area contributed by atoms with Crippen LogP contribution in [-0.2, 0) is 14.8 Å². The van der Waals surface area contributed by atoms with Crippen molar-refractivity contribution in [1.82, 2.24) is 5.32 Å². The summed E-state index contributed by atoms with van der Waals surface area (Å²) in [6.07, 6.45) is 0.595. The Kier molecular flexibility index (Phi) is 9.41. The van der Waals surface area contributed by atoms with Crippen molar-refractivity contribution >= 4 is 21.6 Å². The van der Waals surface area contributed by atoms with Crippen LogP contribution in [0.3, 0.4) is 0 Å². The molecule has 0 aromatic heterocycles. The van der Waals surface area contributed by atoms with Crippen LogP contribution in [0.5, 0.6) is 17.2 Å². The first-order valence-electron chi connectivity index (χ1n) is 12.1. The summed E-state index contributed by atoms with van der Waals surface area (Å²) >= 11 is 0. The molecule has 1 atom stereocenters. The lowest BCUT2D eigenvalue weighted by Gasteiger charge is -2.26. The quantitative estimate of drug-likeness (QED) is 0.362. The van der Waals surface area contributed by atoms with Gasteiger partial charge in [0.1, 0.15) is 12.3 Å². The third-order valence-corrected chi connectivity index (χ3v) is 7.67. The van der Waals surface area contributed by atoms with E-state index < -0.39 is 15.9 Å². The fourth-order valence-corrected chi connectivity index (χ4v) is 5.31. The SMILES string of the molecule is CCOc1ccc(S(=O)(=O)N(CC(=O)NC(CC)c2ccc(OC)c(OC)c2)c2ccc(C)cc2)cc1. The highest BCUT2D eigenvalue weighted by Crippen LogP contribution is 2.31. The van der Waals surface area contributed by atoms with Gasteiger partial charge in [0, 0.05) is 0 Å². The number of benzene rings is 3. The van der Waals surface area contributed by atoms with Crippen molar-refractivity contribution in [2.45, 2.75) is 38.1 Å². The van der Waals surface area contributed by atoms with Gasteiger partial charge in [0.25, 0.3) is 10.0 Å². The molecule has 1 N–H and O–H groups in total. The Balaban J connectivity index is 1.89. The molecular formula is C28H34N2O6S. The minimum absolute atomic E-state index is 0.0660. The number of nitrogens with one attached hydrogen (secondary N) is 1. The van der Waals surface area contributed by atoms with E-state index >= 15 is 0 Å². The van der Waals surface area contributed by atoms with Crippen molar-refractivity contribution in [3.05, 3.63) is 77.9 Å². The lowest BCUT2D eigenvalue weighted by atomic mass is 10.0. The summed E-state index contributed by atoms with van der Waals surface area (Å²) in [6.45, 7) is 5.80. The van der Waals surface area contributed by atoms with Gasteiger partial charge in [0.05, 0.1) is 37.5 Å². The van der Waals surface area contributed by atoms with Gasteiger partial charge in [0.15, 0.2) is 11.5 Å². The van der Waals surface area contributed by atoms with E-state index in [0.717, 1.165) is 15.4 Å². The molecule has 0 saturated heterocycles. The molecule has 0 fully saturated rings. The van der Waals surface area contributed by atoms with E-state index in [1.807, 2.05) is 45.0 Å². The zero-order valence-electron chi connectivity index (χ0n) is 21.9. The number of sulfonamides is 1. The molecule has 1 unspecified atom stereocenters. The van der Waals surface area contributed by atoms with Gasteiger partial charge in [0.2, 0.25) is 5.91 Å². The van der Waals surface area contributed by atoms with Gasteiger partial charge in [-0.1, -0.05) is 30.7 Å². The fraction of sp³-hybridized carbons (Fsp3) is 0.321. The van der Waals surface area contributed by atoms with Gasteiger partial charge in [-0.15, -0.1) is 0 Å². The van der Waals surface area contributed by atoms with Crippen LogP contribution < -0.4 is 23.8 Å². The third-order valence-electron chi connectivity index (χ3n) is 5.89. The second-order valence-electron chi connectivity index (χ2n) is 8.39. The van der Waals surface area contributed by atoms with E-state index in [2.05, 4.69) is 5.32 Å². The van der Waals surface area contributed by atoms with E-state index in [1.165, 1.54) is 12.1 Å². The smallest absolute Gasteiger partial charge is 0.264 e. The van der Waals surface area contributed by atoms with Gasteiger partial charge >= 0.3 is 0 Å². The summed E-state index contributed by atoms with van der Waals surface area (Å²) in [5.74, 6) is 1.27. The van der Waals surface area contributed by atoms with Crippen molar-refractivity contribution < 1.29 is 27.4 Å². The zero-order chi connectivity index (χ0) is 27.0. The molecule has 0 saturated carbocycles. The first-order valence-corrected chi connectivity index (χ1v) is 13.5. The van der Waals surface area contributed by atoms with Gasteiger partial charge in [-0.25, -0.2) is 8.42 Å². The molecule has 198 valence electrons. The molecule has 0 aliphatic carbocycles. The van der Waals surface area contributed by atoms with Crippen LogP contribution in [0.4, 0.5) is 5.69 Å². The largest absolute Gasteiger partial charge is 0.494 e. The molecule has 9 heteroatoms. The monoisotopic (exact) mass is 526 g/mol. The van der Waals surface area contributed by atoms with Gasteiger partial charge in [-0.2, -0.15) is 0 Å². The number of aryl methyl sites for hydroxylation is 1. The molecule has 0 aliphatic heterocycles. The molecule has 3 aromatic carbocycles. The first-order chi connectivity index (χ1) is 17.7. The van der Waals surface area contributed by atoms with Crippen LogP contribution in [0.2, 0.25) is 0 Å². The normalized spacial score (nSPS) is 11.9. The van der Waals surface area contributed by atoms with Crippen LogP contribution in [-0.4, -0.2) is 41.7 Å². The van der Waals surface area contributed by atoms with E-state index in [0.29, 0.717) is 36.0 Å². The Morgan fingerprint density at radius 3 is 2.14 bits per heavy atom. The molecule has 3 rings (SSSR count). The predicted molar refractivity (Wildman–Crippen MR) is 144 cm³/mol. The highest BCUT2D eigenvalue weighted by molar-refractivity contribution is 7.92. The Morgan fingerprint density at radius 1 is 0.919 bits per heavy atom. The van der Waals surface area contributed by atoms with Crippen molar-refractivity contribution in [2.24, 2.45) is 0 Å². The molecule has 8 nitrogen and oxygen atoms in total. The summed E-state index contributed by atoms with van der Waals surface area (Å²) in [5.41, 5.74) is 2.20. The standard InChI is InChI=1S/C28H34N2O6S/c1-6-25(21-10-17-26(34-4)27(18-21)35-5)29-28(31)19-30(22-11-8-20(3)9-12-22)37(32,33)24-15-13-23(14-16-24)36-7-2/h8-18,25H,6-7,19H2,1-5H3,(H,29,31). The number of carbonyl (C=O) groups excluding carboxylic acids is 1. The maximum Gasteiger partial charge on any atom is 0.264 e. The van der Waals surface area contributed by atoms with Crippen molar-refractivity contribution in [2.75, 3.05) is 31.7 Å². The minimum atomic E-state index is -4.04. The van der Waals surface area contributed by atoms with E-state index in [1.54, 1.807) is 44.6 Å². The van der Waals surface area contributed by atoms with Crippen LogP contribution in [0, 0.1) is 6.92 Å². The van der Waals surface area contributed by atoms with Crippen molar-refractivity contribution in [3.8, 4) is 17.2 Å². The second kappa shape index (κ2) is 12.5. The Labute approximate surface area is 219 Å². The van der Waals surface area contributed by atoms with Gasteiger partial charge in [-0.05, 0) is 74.4 Å². The maximum absolute atomic E-state index is 13.7. The number of amides is 1. The summed E-state index contributed by atoms with van der Waals surface area (Å²) in [7, 11) is -0.936. The number of ether oxygens (including phenoxy) is 3. The molecule has 0 aliphatic rings. The third kappa shape index (κ3) is 6.74. The number of methoxy groups -OCH3 is 2. The van der Waals surface area contributed by atoms with Gasteiger partial charge < -0.3 is 19.5 Å². The Hall–Kier alpha value is -3.72. The molecule has 0 radical (unpaired) electrons. The zero-order valence-corrected chi connectivity index (χ0v) is 22.7. The second-order valence-corrected chi connectivity index (χ2v) is 10.3. The number of hydrogen-bond acceptors (Lipinski definition) is 6. The molecule has 1 amide bonds. The molecule has 0 spiro atoms. The molecule has 0 heterocycles. The number of carbonyl (C=O) groups is 1. The number of hydrogen-bond donors (Lipinski definition) is 1. The summed E-state index contributed by atoms with van der Waals surface area (Å²) in [4.78, 5) is 13.3. The minimum Gasteiger partial charge on any atom is -0.494 e. The van der Waals surface area contributed by atoms with Crippen molar-refractivity contribution in [1.29, 1.82) is 0 Å². The molecular weight excluding hydrogens is 492 g/mol. The van der Waals surface area contributed by atoms with Crippen LogP contribution in [0.25, 0.3) is 0 Å². The number of rotatable bonds is 12. The Morgan fingerprint density at radius 2 is 1.57 bits per heavy atom. The van der Waals surface area contributed by atoms with Crippen LogP contribution in [0.15, 0.2) is 71.6 Å². The summed E-state index contributed by atoms with van der Waals surface area (Å²) in [5, 5.41) is 2.97. The van der Waals surface area contributed by atoms with Gasteiger partial charge in [-0.3, -0.25) is 9.10 Å². The fourth-order valence-electron chi connectivity index (χ4n) is 3.89. The lowest BCUT2D eigenvalue weighted by Crippen LogP contribution is -2.42. The molecule has 0 bridgehead atoms. The van der Waals surface area contributed by atoms with Crippen LogP contribution in [0.1, 0.15) is 37.4 Å². The van der Waals surface area contributed by atoms with E-state index in [4.69, 9.17) is 14.2 Å². The van der Waals surface area contributed by atoms with Crippen LogP contribution >= 0.6 is 0 Å². The Bertz CT molecular complexity index is 1290. The maximum atomic E-state index is 13.7. The van der Waals surface area contributed by atoms with E-state index in [9.17, 15) is 13.2 Å². The van der Waals surface area contributed by atoms with Crippen molar-refractivity contribution in [3.63, 3.8) is 0 Å².